The van der Waals surface area contributed by atoms with Crippen LogP contribution >= 0.6 is 0 Å². The summed E-state index contributed by atoms with van der Waals surface area (Å²) in [6.07, 6.45) is -75.3. The Kier molecular flexibility index (Phi) is 35.4. The molecule has 51 heteroatoms. The highest BCUT2D eigenvalue weighted by molar-refractivity contribution is 7.86. The van der Waals surface area contributed by atoms with Gasteiger partial charge in [-0.1, -0.05) is 0 Å². The van der Waals surface area contributed by atoms with E-state index in [9.17, 15) is 139 Å². The second-order valence-corrected chi connectivity index (χ2v) is 33.5. The van der Waals surface area contributed by atoms with E-state index in [4.69, 9.17) is 85.3 Å². The van der Waals surface area contributed by atoms with Gasteiger partial charge in [0, 0.05) is 26.4 Å². The molecule has 21 rings (SSSR count). The number of aliphatic hydroxyl groups is 17. The number of hydrogen-bond acceptors (Lipinski definition) is 43. The quantitative estimate of drug-likeness (QED) is 0.0226. The third-order valence-corrected chi connectivity index (χ3v) is 22.2. The number of unbranched alkanes of at least 4 members (excludes halogenated alkanes) is 4. The van der Waals surface area contributed by atoms with Crippen LogP contribution in [0.4, 0.5) is 0 Å². The predicted octanol–water partition coefficient (Wildman–Crippen LogP) is -12.5. The Morgan fingerprint density at radius 1 is 0.211 bits per heavy atom. The lowest BCUT2D eigenvalue weighted by atomic mass is 9.95. The fraction of sp³-hybridized carbons (Fsp3) is 1.00. The molecule has 21 aliphatic rings. The van der Waals surface area contributed by atoms with Crippen LogP contribution in [0, 0.1) is 0 Å². The summed E-state index contributed by atoms with van der Waals surface area (Å²) >= 11 is 0. The highest BCUT2D eigenvalue weighted by atomic mass is 32.2. The second-order valence-electron chi connectivity index (χ2n) is 27.2. The van der Waals surface area contributed by atoms with Gasteiger partial charge in [0.05, 0.1) is 69.3 Å². The number of hydrogen-bond donors (Lipinski definition) is 21. The van der Waals surface area contributed by atoms with E-state index in [1.807, 2.05) is 0 Å². The highest BCUT2D eigenvalue weighted by Gasteiger charge is 2.60. The summed E-state index contributed by atoms with van der Waals surface area (Å²) in [5.41, 5.74) is 0. The van der Waals surface area contributed by atoms with Gasteiger partial charge in [-0.25, -0.2) is 0 Å². The molecule has 0 aromatic carbocycles. The summed E-state index contributed by atoms with van der Waals surface area (Å²) in [5.74, 6) is -2.80. The Balaban J connectivity index is 1.14. The molecule has 0 saturated carbocycles. The van der Waals surface area contributed by atoms with Crippen molar-refractivity contribution in [2.45, 2.75) is 266 Å². The van der Waals surface area contributed by atoms with Gasteiger partial charge in [-0.05, 0) is 51.4 Å². The van der Waals surface area contributed by atoms with Crippen LogP contribution in [0.3, 0.4) is 0 Å². The maximum Gasteiger partial charge on any atom is 0.264 e. The van der Waals surface area contributed by atoms with Crippen LogP contribution in [0.5, 0.6) is 0 Å². The summed E-state index contributed by atoms with van der Waals surface area (Å²) in [6.45, 7) is -7.61. The van der Waals surface area contributed by atoms with Gasteiger partial charge in [-0.3, -0.25) is 18.2 Å². The first-order valence-electron chi connectivity index (χ1n) is 34.9. The van der Waals surface area contributed by atoms with Crippen molar-refractivity contribution >= 4 is 40.5 Å². The summed E-state index contributed by atoms with van der Waals surface area (Å²) in [5, 5.41) is 198. The second kappa shape index (κ2) is 41.6. The first kappa shape index (κ1) is 92.7. The maximum absolute atomic E-state index is 12.0. The van der Waals surface area contributed by atoms with Crippen LogP contribution in [0.15, 0.2) is 0 Å². The summed E-state index contributed by atoms with van der Waals surface area (Å²) < 4.78 is 235. The van der Waals surface area contributed by atoms with Crippen molar-refractivity contribution in [3.8, 4) is 0 Å². The van der Waals surface area contributed by atoms with Crippen molar-refractivity contribution < 1.29 is 224 Å². The van der Waals surface area contributed by atoms with Crippen molar-refractivity contribution in [2.75, 3.05) is 95.7 Å². The van der Waals surface area contributed by atoms with Crippen molar-refractivity contribution in [1.82, 2.24) is 0 Å². The zero-order chi connectivity index (χ0) is 80.2. The third kappa shape index (κ3) is 25.6. The van der Waals surface area contributed by atoms with Gasteiger partial charge in [0.1, 0.15) is 171 Å². The SMILES string of the molecule is O=S(=O)(O)CCCCOC[C@H]1O[C@@H]2O[C@H]3[C@H](O)[C@@H](O)[C@@H](O[C@H]4[C@H](O)[C@@H](O)[C@@H](O[C@H]5[C@H](O)[C@@H](O)[C@@H](O[C@H]6[C@H](O)[C@@H](O)[C@@H](O[C@H]7[C@H](O)[C@@H](O)[C@@H](O[C@H]8[C@H](O)[C@@H](O)[C@@H](O[C@H]1[C@H](O)[C@H]2O)O[C@@H]8CO)O[C@@H]7COCCCCS(=O)(=O)O)O[C@@H]6COCCCCS(=O)(=O)O)O[C@@H]5CO)O[C@@H]4COCCCCS(=O)(=O)O)O[C@@H]3CO. The molecule has 0 unspecified atom stereocenters. The van der Waals surface area contributed by atoms with E-state index in [0.29, 0.717) is 0 Å². The number of aliphatic hydroxyl groups excluding tert-OH is 17. The third-order valence-electron chi connectivity index (χ3n) is 19.0. The molecule has 0 spiro atoms. The molecular formula is C58H102O47S4. The molecule has 640 valence electrons. The molecule has 0 amide bonds. The van der Waals surface area contributed by atoms with Crippen molar-refractivity contribution in [2.24, 2.45) is 0 Å². The van der Waals surface area contributed by atoms with E-state index in [1.165, 1.54) is 0 Å². The van der Waals surface area contributed by atoms with Gasteiger partial charge >= 0.3 is 0 Å². The van der Waals surface area contributed by atoms with Gasteiger partial charge in [0.15, 0.2) is 44.0 Å². The fourth-order valence-corrected chi connectivity index (χ4v) is 15.4. The van der Waals surface area contributed by atoms with Crippen LogP contribution in [0.1, 0.15) is 51.4 Å². The molecule has 47 nitrogen and oxygen atoms in total. The molecule has 21 aliphatic heterocycles. The Morgan fingerprint density at radius 2 is 0.358 bits per heavy atom. The van der Waals surface area contributed by atoms with Gasteiger partial charge in [-0.15, -0.1) is 0 Å². The molecule has 35 atom stereocenters. The minimum absolute atomic E-state index is 0.0490. The summed E-state index contributed by atoms with van der Waals surface area (Å²) in [4.78, 5) is 0. The largest absolute Gasteiger partial charge is 0.394 e. The predicted molar refractivity (Wildman–Crippen MR) is 346 cm³/mol. The van der Waals surface area contributed by atoms with Gasteiger partial charge in [0.25, 0.3) is 40.5 Å². The standard InChI is InChI=1S/C58H102O47S4/c59-17-24-45-31(62)38(69)52(92-24)102-48-27(20-88-9-1-5-13-106(76,77)78)96-56(42(73)35(48)66)100-46-25(18-60)94-54(40(71)33(46)64)104-50-29(22-90-11-3-7-15-108(82,83)84)98-58(44(75)37(50)68)105-51-30(23-91-12-4-8-16-109(85,86)87)97-57(43(74)36(51)67)101-47-26(19-61)93-53(39(70)32(47)63)103-49-28(95-55(99-45)41(72)34(49)65)21-89-10-2-6-14-107(79,80)81/h24-75H,1-23H2,(H,76,77,78)(H,79,80,81)(H,82,83,84)(H,85,86,87)/t24-,25-,26-,27-,28-,29-,30-,31-,32-,33-,34-,35-,36-,37-,38-,39-,40-,41-,42-,43-,44-,45-,46-,47-,48-,49-,50-,51-,52-,53-,54-,55-,56-,57-,58-/m1/s1. The molecule has 21 fully saturated rings. The topological polar surface area (TPSA) is 728 Å². The van der Waals surface area contributed by atoms with Crippen LogP contribution in [0.2, 0.25) is 0 Å². The van der Waals surface area contributed by atoms with Gasteiger partial charge < -0.3 is 172 Å². The van der Waals surface area contributed by atoms with Crippen molar-refractivity contribution in [3.05, 3.63) is 0 Å². The van der Waals surface area contributed by atoms with Crippen LogP contribution in [0.25, 0.3) is 0 Å². The molecule has 21 N–H and O–H groups in total. The Hall–Kier alpha value is -1.76. The lowest BCUT2D eigenvalue weighted by Gasteiger charge is -2.50. The molecular weight excluding hydrogens is 1580 g/mol. The normalized spacial score (nSPS) is 43.2. The van der Waals surface area contributed by atoms with Crippen LogP contribution in [-0.4, -0.2) is 449 Å². The zero-order valence-electron chi connectivity index (χ0n) is 58.1. The van der Waals surface area contributed by atoms with Crippen molar-refractivity contribution in [1.29, 1.82) is 0 Å². The molecule has 0 radical (unpaired) electrons. The number of rotatable bonds is 31. The first-order chi connectivity index (χ1) is 51.2. The smallest absolute Gasteiger partial charge is 0.264 e. The maximum atomic E-state index is 12.0. The first-order valence-corrected chi connectivity index (χ1v) is 41.3. The Bertz CT molecular complexity index is 3100. The highest BCUT2D eigenvalue weighted by Crippen LogP contribution is 2.40. The lowest BCUT2D eigenvalue weighted by Crippen LogP contribution is -2.68. The molecule has 0 aromatic heterocycles. The van der Waals surface area contributed by atoms with Gasteiger partial charge in [0.2, 0.25) is 0 Å². The van der Waals surface area contributed by atoms with E-state index in [1.54, 1.807) is 0 Å². The van der Waals surface area contributed by atoms with E-state index in [-0.39, 0.29) is 77.8 Å². The Morgan fingerprint density at radius 3 is 0.505 bits per heavy atom. The molecule has 0 aliphatic carbocycles. The fourth-order valence-electron chi connectivity index (χ4n) is 13.1. The molecule has 109 heavy (non-hydrogen) atoms. The molecule has 21 saturated heterocycles. The minimum atomic E-state index is -4.44. The van der Waals surface area contributed by atoms with Crippen molar-refractivity contribution in [3.63, 3.8) is 0 Å². The Labute approximate surface area is 624 Å². The van der Waals surface area contributed by atoms with E-state index in [2.05, 4.69) is 0 Å². The average molecular weight is 1680 g/mol. The molecule has 21 heterocycles. The summed E-state index contributed by atoms with van der Waals surface area (Å²) in [7, 11) is -17.7. The van der Waals surface area contributed by atoms with Crippen LogP contribution < -0.4 is 0 Å². The lowest BCUT2D eigenvalue weighted by molar-refractivity contribution is -0.397. The molecule has 0 aromatic rings. The van der Waals surface area contributed by atoms with E-state index >= 15 is 0 Å². The van der Waals surface area contributed by atoms with E-state index < -0.39 is 325 Å². The minimum Gasteiger partial charge on any atom is -0.394 e. The van der Waals surface area contributed by atoms with Crippen LogP contribution in [-0.2, 0) is 126 Å². The van der Waals surface area contributed by atoms with Gasteiger partial charge in [-0.2, -0.15) is 33.7 Å². The van der Waals surface area contributed by atoms with E-state index in [0.717, 1.165) is 0 Å². The summed E-state index contributed by atoms with van der Waals surface area (Å²) in [6, 6.07) is 0. The monoisotopic (exact) mass is 1680 g/mol. The molecule has 14 bridgehead atoms. The average Bonchev–Trinajstić information content (AvgIpc) is 0.800. The number of ether oxygens (including phenoxy) is 18. The zero-order valence-corrected chi connectivity index (χ0v) is 61.4.